The molecule has 0 radical (unpaired) electrons. The van der Waals surface area contributed by atoms with E-state index in [0.29, 0.717) is 22.8 Å². The molecular formula is C39H42N2O8. The van der Waals surface area contributed by atoms with Gasteiger partial charge in [-0.25, -0.2) is 9.59 Å². The summed E-state index contributed by atoms with van der Waals surface area (Å²) in [5, 5.41) is 5.23. The quantitative estimate of drug-likeness (QED) is 0.162. The number of ether oxygens (including phenoxy) is 5. The fourth-order valence-corrected chi connectivity index (χ4v) is 5.66. The van der Waals surface area contributed by atoms with Crippen LogP contribution in [0.4, 0.5) is 4.79 Å². The number of hydrogen-bond acceptors (Lipinski definition) is 8. The summed E-state index contributed by atoms with van der Waals surface area (Å²) in [6.07, 6.45) is -0.575. The molecule has 49 heavy (non-hydrogen) atoms. The van der Waals surface area contributed by atoms with Crippen molar-refractivity contribution < 1.29 is 38.1 Å². The fraction of sp³-hybridized carbons (Fsp3) is 0.308. The molecule has 1 aliphatic rings. The summed E-state index contributed by atoms with van der Waals surface area (Å²) >= 11 is 0. The van der Waals surface area contributed by atoms with Gasteiger partial charge < -0.3 is 34.3 Å². The van der Waals surface area contributed by atoms with E-state index in [4.69, 9.17) is 23.7 Å². The molecular weight excluding hydrogens is 624 g/mol. The van der Waals surface area contributed by atoms with Crippen LogP contribution in [0.5, 0.6) is 17.2 Å². The maximum absolute atomic E-state index is 13.5. The Bertz CT molecular complexity index is 1740. The Morgan fingerprint density at radius 3 is 2.06 bits per heavy atom. The number of nitrogens with one attached hydrogen (secondary N) is 2. The van der Waals surface area contributed by atoms with Crippen molar-refractivity contribution in [2.24, 2.45) is 0 Å². The highest BCUT2D eigenvalue weighted by Gasteiger charge is 2.30. The first-order chi connectivity index (χ1) is 23.5. The highest BCUT2D eigenvalue weighted by Crippen LogP contribution is 2.44. The normalized spacial score (nSPS) is 12.6. The lowest BCUT2D eigenvalue weighted by molar-refractivity contribution is -0.147. The van der Waals surface area contributed by atoms with Gasteiger partial charge in [-0.3, -0.25) is 4.79 Å². The summed E-state index contributed by atoms with van der Waals surface area (Å²) in [5.41, 5.74) is 5.41. The molecule has 0 unspecified atom stereocenters. The van der Waals surface area contributed by atoms with E-state index in [1.165, 1.54) is 14.2 Å². The maximum Gasteiger partial charge on any atom is 0.407 e. The van der Waals surface area contributed by atoms with Gasteiger partial charge in [-0.1, -0.05) is 60.7 Å². The van der Waals surface area contributed by atoms with Crippen LogP contribution in [0.1, 0.15) is 48.9 Å². The summed E-state index contributed by atoms with van der Waals surface area (Å²) in [6, 6.07) is 27.4. The third-order valence-corrected chi connectivity index (χ3v) is 7.98. The van der Waals surface area contributed by atoms with Crippen molar-refractivity contribution in [3.05, 3.63) is 113 Å². The van der Waals surface area contributed by atoms with Crippen molar-refractivity contribution in [1.82, 2.24) is 10.6 Å². The van der Waals surface area contributed by atoms with Crippen molar-refractivity contribution in [2.45, 2.75) is 51.4 Å². The number of likely N-dealkylation sites (N-methyl/N-ethyl adjacent to an activating group) is 1. The largest absolute Gasteiger partial charge is 0.496 e. The molecule has 1 atom stereocenters. The SMILES string of the molecule is CNC(=O)COc1ccc(COC(=O)[C@H](Cc2ccc(OC(C)(C)C)cc2)NC(=O)OCC2c3ccccc3-c3ccccc32)c(OC)c1. The molecule has 256 valence electrons. The molecule has 10 nitrogen and oxygen atoms in total. The number of rotatable bonds is 13. The van der Waals surface area contributed by atoms with Gasteiger partial charge in [-0.2, -0.15) is 0 Å². The molecule has 4 aromatic carbocycles. The van der Waals surface area contributed by atoms with Crippen LogP contribution in [-0.2, 0) is 32.1 Å². The third-order valence-electron chi connectivity index (χ3n) is 7.98. The van der Waals surface area contributed by atoms with Gasteiger partial charge >= 0.3 is 12.1 Å². The van der Waals surface area contributed by atoms with E-state index in [0.717, 1.165) is 27.8 Å². The molecule has 5 rings (SSSR count). The molecule has 0 saturated heterocycles. The number of hydrogen-bond donors (Lipinski definition) is 2. The van der Waals surface area contributed by atoms with E-state index in [2.05, 4.69) is 22.8 Å². The van der Waals surface area contributed by atoms with E-state index in [1.807, 2.05) is 81.4 Å². The van der Waals surface area contributed by atoms with Gasteiger partial charge in [0.15, 0.2) is 6.61 Å². The standard InChI is InChI=1S/C39H42N2O8/c1-39(2,3)49-27-17-14-25(15-18-27)20-34(37(43)47-22-26-16-19-28(21-35(26)45-5)46-24-36(42)40-4)41-38(44)48-23-33-31-12-8-6-10-29(31)30-11-7-9-13-32(30)33/h6-19,21,33-34H,20,22-24H2,1-5H3,(H,40,42)(H,41,44)/t34-/m0/s1. The predicted molar refractivity (Wildman–Crippen MR) is 185 cm³/mol. The van der Waals surface area contributed by atoms with Crippen LogP contribution in [-0.4, -0.2) is 57.0 Å². The molecule has 2 amide bonds. The van der Waals surface area contributed by atoms with Gasteiger partial charge in [0.25, 0.3) is 5.91 Å². The summed E-state index contributed by atoms with van der Waals surface area (Å²) in [6.45, 7) is 5.72. The van der Waals surface area contributed by atoms with Crippen LogP contribution >= 0.6 is 0 Å². The minimum absolute atomic E-state index is 0.103. The van der Waals surface area contributed by atoms with Crippen molar-refractivity contribution in [3.8, 4) is 28.4 Å². The van der Waals surface area contributed by atoms with Gasteiger partial charge in [-0.15, -0.1) is 0 Å². The Balaban J connectivity index is 1.28. The lowest BCUT2D eigenvalue weighted by Gasteiger charge is -2.22. The van der Waals surface area contributed by atoms with Gasteiger partial charge in [-0.05, 0) is 72.9 Å². The molecule has 0 saturated carbocycles. The lowest BCUT2D eigenvalue weighted by Crippen LogP contribution is -2.43. The molecule has 2 N–H and O–H groups in total. The number of carbonyl (C=O) groups excluding carboxylic acids is 3. The first-order valence-electron chi connectivity index (χ1n) is 16.1. The Morgan fingerprint density at radius 2 is 1.45 bits per heavy atom. The second-order valence-electron chi connectivity index (χ2n) is 12.6. The first-order valence-corrected chi connectivity index (χ1v) is 16.1. The Hall–Kier alpha value is -5.51. The molecule has 0 bridgehead atoms. The number of fused-ring (bicyclic) bond motifs is 3. The molecule has 4 aromatic rings. The first kappa shape index (κ1) is 34.8. The van der Waals surface area contributed by atoms with Crippen LogP contribution in [0.15, 0.2) is 91.0 Å². The van der Waals surface area contributed by atoms with Crippen molar-refractivity contribution in [3.63, 3.8) is 0 Å². The number of amides is 2. The van der Waals surface area contributed by atoms with Gasteiger partial charge in [0, 0.05) is 31.0 Å². The zero-order valence-corrected chi connectivity index (χ0v) is 28.4. The van der Waals surface area contributed by atoms with Crippen molar-refractivity contribution in [1.29, 1.82) is 0 Å². The third kappa shape index (κ3) is 9.10. The monoisotopic (exact) mass is 666 g/mol. The van der Waals surface area contributed by atoms with Gasteiger partial charge in [0.2, 0.25) is 0 Å². The van der Waals surface area contributed by atoms with Crippen LogP contribution in [0.3, 0.4) is 0 Å². The zero-order chi connectivity index (χ0) is 35.0. The number of alkyl carbamates (subject to hydrolysis) is 1. The van der Waals surface area contributed by atoms with Gasteiger partial charge in [0.1, 0.15) is 42.1 Å². The van der Waals surface area contributed by atoms with Crippen LogP contribution in [0.25, 0.3) is 11.1 Å². The average Bonchev–Trinajstić information content (AvgIpc) is 3.42. The van der Waals surface area contributed by atoms with E-state index in [1.54, 1.807) is 18.2 Å². The lowest BCUT2D eigenvalue weighted by atomic mass is 9.98. The number of carbonyl (C=O) groups is 3. The average molecular weight is 667 g/mol. The summed E-state index contributed by atoms with van der Waals surface area (Å²) in [5.74, 6) is 0.472. The number of esters is 1. The van der Waals surface area contributed by atoms with E-state index in [9.17, 15) is 14.4 Å². The minimum atomic E-state index is -1.05. The number of methoxy groups -OCH3 is 1. The second-order valence-corrected chi connectivity index (χ2v) is 12.6. The Morgan fingerprint density at radius 1 is 0.816 bits per heavy atom. The molecule has 0 aliphatic heterocycles. The molecule has 1 aliphatic carbocycles. The molecule has 0 aromatic heterocycles. The molecule has 0 heterocycles. The smallest absolute Gasteiger partial charge is 0.407 e. The van der Waals surface area contributed by atoms with Crippen LogP contribution < -0.4 is 24.8 Å². The van der Waals surface area contributed by atoms with Crippen LogP contribution in [0, 0.1) is 0 Å². The Labute approximate surface area is 286 Å². The maximum atomic E-state index is 13.5. The molecule has 10 heteroatoms. The summed E-state index contributed by atoms with van der Waals surface area (Å²) in [4.78, 5) is 38.4. The highest BCUT2D eigenvalue weighted by molar-refractivity contribution is 5.82. The van der Waals surface area contributed by atoms with E-state index >= 15 is 0 Å². The van der Waals surface area contributed by atoms with Crippen molar-refractivity contribution in [2.75, 3.05) is 27.4 Å². The fourth-order valence-electron chi connectivity index (χ4n) is 5.66. The summed E-state index contributed by atoms with van der Waals surface area (Å²) < 4.78 is 28.4. The Kier molecular flexibility index (Phi) is 11.1. The van der Waals surface area contributed by atoms with E-state index < -0.39 is 18.1 Å². The minimum Gasteiger partial charge on any atom is -0.496 e. The van der Waals surface area contributed by atoms with E-state index in [-0.39, 0.29) is 43.7 Å². The van der Waals surface area contributed by atoms with Crippen LogP contribution in [0.2, 0.25) is 0 Å². The van der Waals surface area contributed by atoms with Crippen molar-refractivity contribution >= 4 is 18.0 Å². The molecule has 0 fully saturated rings. The summed E-state index contributed by atoms with van der Waals surface area (Å²) in [7, 11) is 3.01. The second kappa shape index (κ2) is 15.6. The highest BCUT2D eigenvalue weighted by atomic mass is 16.6. The molecule has 0 spiro atoms. The van der Waals surface area contributed by atoms with Gasteiger partial charge in [0.05, 0.1) is 7.11 Å². The topological polar surface area (TPSA) is 121 Å². The predicted octanol–water partition coefficient (Wildman–Crippen LogP) is 6.19. The number of benzene rings is 4. The zero-order valence-electron chi connectivity index (χ0n) is 28.4.